The maximum atomic E-state index is 9.84. The molecule has 0 spiro atoms. The highest BCUT2D eigenvalue weighted by Gasteiger charge is 2.19. The van der Waals surface area contributed by atoms with Gasteiger partial charge >= 0.3 is 0 Å². The monoisotopic (exact) mass is 394 g/mol. The molecule has 0 aliphatic carbocycles. The van der Waals surface area contributed by atoms with Crippen LogP contribution in [-0.2, 0) is 9.47 Å². The van der Waals surface area contributed by atoms with E-state index in [2.05, 4.69) is 12.1 Å². The normalized spacial score (nSPS) is 14.3. The summed E-state index contributed by atoms with van der Waals surface area (Å²) in [5.74, 6) is 0.786. The Labute approximate surface area is 166 Å². The molecule has 0 bridgehead atoms. The van der Waals surface area contributed by atoms with Gasteiger partial charge in [-0.3, -0.25) is 0 Å². The first-order valence-corrected chi connectivity index (χ1v) is 10.6. The Kier molecular flexibility index (Phi) is 5.85. The van der Waals surface area contributed by atoms with Gasteiger partial charge in [-0.05, 0) is 23.1 Å². The molecule has 2 aromatic heterocycles. The third kappa shape index (κ3) is 4.23. The van der Waals surface area contributed by atoms with E-state index in [1.165, 1.54) is 0 Å². The number of thioether (sulfide) groups is 1. The van der Waals surface area contributed by atoms with Crippen molar-refractivity contribution in [3.8, 4) is 27.8 Å². The van der Waals surface area contributed by atoms with Gasteiger partial charge in [-0.1, -0.05) is 36.4 Å². The summed E-state index contributed by atoms with van der Waals surface area (Å²) < 4.78 is 11.0. The number of hydrogen-bond donors (Lipinski definition) is 0. The SMILES string of the molecule is N#Cc1c(-c2ccccc2)cc(-c2cccs2)nc1SCCC1OCCO1. The zero-order valence-corrected chi connectivity index (χ0v) is 16.3. The standard InChI is InChI=1S/C21H18N2O2S2/c22-14-17-16(15-5-2-1-3-6-15)13-18(19-7-4-11-26-19)23-21(17)27-12-8-20-24-9-10-25-20/h1-7,11,13,20H,8-10,12H2. The lowest BCUT2D eigenvalue weighted by molar-refractivity contribution is -0.0421. The Morgan fingerprint density at radius 2 is 1.96 bits per heavy atom. The summed E-state index contributed by atoms with van der Waals surface area (Å²) in [6, 6.07) is 18.5. The van der Waals surface area contributed by atoms with Gasteiger partial charge in [-0.2, -0.15) is 5.26 Å². The fourth-order valence-corrected chi connectivity index (χ4v) is 4.61. The van der Waals surface area contributed by atoms with Crippen molar-refractivity contribution in [2.45, 2.75) is 17.7 Å². The smallest absolute Gasteiger partial charge is 0.158 e. The predicted octanol–water partition coefficient (Wildman–Crippen LogP) is 5.20. The molecular formula is C21H18N2O2S2. The molecule has 27 heavy (non-hydrogen) atoms. The lowest BCUT2D eigenvalue weighted by Gasteiger charge is -2.13. The van der Waals surface area contributed by atoms with E-state index in [1.54, 1.807) is 23.1 Å². The Morgan fingerprint density at radius 3 is 2.67 bits per heavy atom. The van der Waals surface area contributed by atoms with Gasteiger partial charge in [-0.15, -0.1) is 23.1 Å². The van der Waals surface area contributed by atoms with Crippen molar-refractivity contribution in [2.75, 3.05) is 19.0 Å². The van der Waals surface area contributed by atoms with Crippen molar-refractivity contribution in [1.29, 1.82) is 5.26 Å². The van der Waals surface area contributed by atoms with Gasteiger partial charge in [0.1, 0.15) is 11.1 Å². The number of hydrogen-bond acceptors (Lipinski definition) is 6. The molecule has 0 unspecified atom stereocenters. The van der Waals surface area contributed by atoms with Gasteiger partial charge < -0.3 is 9.47 Å². The minimum absolute atomic E-state index is 0.142. The molecule has 0 radical (unpaired) electrons. The highest BCUT2D eigenvalue weighted by atomic mass is 32.2. The van der Waals surface area contributed by atoms with Crippen LogP contribution in [0.25, 0.3) is 21.7 Å². The van der Waals surface area contributed by atoms with Crippen LogP contribution in [0.15, 0.2) is 58.9 Å². The number of ether oxygens (including phenoxy) is 2. The van der Waals surface area contributed by atoms with Crippen LogP contribution in [0.2, 0.25) is 0 Å². The average Bonchev–Trinajstić information content (AvgIpc) is 3.42. The highest BCUT2D eigenvalue weighted by molar-refractivity contribution is 7.99. The van der Waals surface area contributed by atoms with Crippen molar-refractivity contribution in [2.24, 2.45) is 0 Å². The van der Waals surface area contributed by atoms with Crippen LogP contribution in [0, 0.1) is 11.3 Å². The van der Waals surface area contributed by atoms with Crippen molar-refractivity contribution >= 4 is 23.1 Å². The number of rotatable bonds is 6. The van der Waals surface area contributed by atoms with Gasteiger partial charge in [0, 0.05) is 17.7 Å². The summed E-state index contributed by atoms with van der Waals surface area (Å²) in [6.45, 7) is 1.31. The van der Waals surface area contributed by atoms with Gasteiger partial charge in [-0.25, -0.2) is 4.98 Å². The maximum absolute atomic E-state index is 9.84. The Hall–Kier alpha value is -2.17. The van der Waals surface area contributed by atoms with Crippen molar-refractivity contribution < 1.29 is 9.47 Å². The minimum Gasteiger partial charge on any atom is -0.350 e. The van der Waals surface area contributed by atoms with E-state index in [4.69, 9.17) is 14.5 Å². The molecule has 0 saturated carbocycles. The molecule has 4 rings (SSSR count). The second-order valence-corrected chi connectivity index (χ2v) is 8.03. The van der Waals surface area contributed by atoms with E-state index in [9.17, 15) is 5.26 Å². The zero-order chi connectivity index (χ0) is 18.5. The van der Waals surface area contributed by atoms with Crippen LogP contribution >= 0.6 is 23.1 Å². The summed E-state index contributed by atoms with van der Waals surface area (Å²) in [5.41, 5.74) is 3.48. The summed E-state index contributed by atoms with van der Waals surface area (Å²) in [5, 5.41) is 12.6. The van der Waals surface area contributed by atoms with E-state index in [0.717, 1.165) is 38.9 Å². The number of pyridine rings is 1. The zero-order valence-electron chi connectivity index (χ0n) is 14.6. The molecule has 1 aliphatic rings. The largest absolute Gasteiger partial charge is 0.350 e. The molecule has 3 aromatic rings. The molecule has 6 heteroatoms. The lowest BCUT2D eigenvalue weighted by atomic mass is 10.0. The van der Waals surface area contributed by atoms with Crippen LogP contribution in [0.5, 0.6) is 0 Å². The molecule has 4 nitrogen and oxygen atoms in total. The van der Waals surface area contributed by atoms with Gasteiger partial charge in [0.05, 0.1) is 29.3 Å². The highest BCUT2D eigenvalue weighted by Crippen LogP contribution is 2.35. The van der Waals surface area contributed by atoms with E-state index in [1.807, 2.05) is 47.8 Å². The molecule has 0 N–H and O–H groups in total. The van der Waals surface area contributed by atoms with E-state index in [-0.39, 0.29) is 6.29 Å². The summed E-state index contributed by atoms with van der Waals surface area (Å²) in [6.07, 6.45) is 0.637. The Bertz CT molecular complexity index is 931. The Morgan fingerprint density at radius 1 is 1.15 bits per heavy atom. The van der Waals surface area contributed by atoms with E-state index in [0.29, 0.717) is 18.8 Å². The first-order chi connectivity index (χ1) is 13.3. The topological polar surface area (TPSA) is 55.1 Å². The number of nitriles is 1. The van der Waals surface area contributed by atoms with Crippen LogP contribution < -0.4 is 0 Å². The first kappa shape index (κ1) is 18.2. The van der Waals surface area contributed by atoms with Crippen molar-refractivity contribution in [3.05, 3.63) is 59.5 Å². The molecule has 1 aromatic carbocycles. The molecule has 0 atom stereocenters. The Balaban J connectivity index is 1.69. The van der Waals surface area contributed by atoms with Crippen LogP contribution in [0.4, 0.5) is 0 Å². The number of benzene rings is 1. The molecule has 136 valence electrons. The molecule has 0 amide bonds. The van der Waals surface area contributed by atoms with Crippen LogP contribution in [0.1, 0.15) is 12.0 Å². The predicted molar refractivity (Wildman–Crippen MR) is 109 cm³/mol. The summed E-state index contributed by atoms with van der Waals surface area (Å²) >= 11 is 3.24. The summed E-state index contributed by atoms with van der Waals surface area (Å²) in [4.78, 5) is 5.90. The fourth-order valence-electron chi connectivity index (χ4n) is 2.96. The first-order valence-electron chi connectivity index (χ1n) is 8.75. The molecule has 1 saturated heterocycles. The summed E-state index contributed by atoms with van der Waals surface area (Å²) in [7, 11) is 0. The van der Waals surface area contributed by atoms with E-state index < -0.39 is 0 Å². The lowest BCUT2D eigenvalue weighted by Crippen LogP contribution is -2.08. The molecule has 1 aliphatic heterocycles. The van der Waals surface area contributed by atoms with Crippen LogP contribution in [-0.4, -0.2) is 30.2 Å². The van der Waals surface area contributed by atoms with Crippen LogP contribution in [0.3, 0.4) is 0 Å². The van der Waals surface area contributed by atoms with E-state index >= 15 is 0 Å². The molecular weight excluding hydrogens is 376 g/mol. The quantitative estimate of drug-likeness (QED) is 0.538. The molecule has 1 fully saturated rings. The minimum atomic E-state index is -0.142. The van der Waals surface area contributed by atoms with Gasteiger partial charge in [0.25, 0.3) is 0 Å². The second-order valence-electron chi connectivity index (χ2n) is 6.00. The number of thiophene rings is 1. The second kappa shape index (κ2) is 8.68. The van der Waals surface area contributed by atoms with Crippen molar-refractivity contribution in [1.82, 2.24) is 4.98 Å². The number of aromatic nitrogens is 1. The third-order valence-electron chi connectivity index (χ3n) is 4.24. The third-order valence-corrected chi connectivity index (χ3v) is 6.14. The average molecular weight is 395 g/mol. The van der Waals surface area contributed by atoms with Gasteiger partial charge in [0.2, 0.25) is 0 Å². The molecule has 3 heterocycles. The van der Waals surface area contributed by atoms with Gasteiger partial charge in [0.15, 0.2) is 6.29 Å². The maximum Gasteiger partial charge on any atom is 0.158 e. The number of nitrogens with zero attached hydrogens (tertiary/aromatic N) is 2. The fraction of sp³-hybridized carbons (Fsp3) is 0.238. The van der Waals surface area contributed by atoms with Crippen molar-refractivity contribution in [3.63, 3.8) is 0 Å².